The van der Waals surface area contributed by atoms with E-state index in [1.165, 1.54) is 9.47 Å². The van der Waals surface area contributed by atoms with Crippen LogP contribution < -0.4 is 20.9 Å². The number of nitrogens with one attached hydrogen (secondary N) is 2. The number of amides is 3. The molecule has 0 spiro atoms. The number of ether oxygens (including phenoxy) is 3. The molecule has 0 aliphatic rings. The number of carbonyl (C=O) groups excluding carboxylic acids is 3. The van der Waals surface area contributed by atoms with E-state index in [2.05, 4.69) is 10.6 Å². The Hall–Kier alpha value is -6.45. The predicted octanol–water partition coefficient (Wildman–Crippen LogP) is 8.68. The molecule has 0 saturated carbocycles. The zero-order valence-electron chi connectivity index (χ0n) is 34.4. The van der Waals surface area contributed by atoms with Crippen LogP contribution in [-0.4, -0.2) is 64.4 Å². The quantitative estimate of drug-likeness (QED) is 0.0700. The summed E-state index contributed by atoms with van der Waals surface area (Å²) in [4.78, 5) is 60.6. The van der Waals surface area contributed by atoms with Gasteiger partial charge in [0, 0.05) is 19.6 Å². The first-order valence-electron chi connectivity index (χ1n) is 19.9. The number of hydrogen-bond acceptors (Lipinski definition) is 8. The van der Waals surface area contributed by atoms with E-state index in [0.717, 1.165) is 11.6 Å². The number of nitrogens with zero attached hydrogens (tertiary/aromatic N) is 3. The van der Waals surface area contributed by atoms with Gasteiger partial charge in [-0.2, -0.15) is 13.2 Å². The number of benzene rings is 4. The van der Waals surface area contributed by atoms with Crippen LogP contribution in [0.4, 0.5) is 27.2 Å². The zero-order valence-corrected chi connectivity index (χ0v) is 34.4. The van der Waals surface area contributed by atoms with Crippen molar-refractivity contribution in [1.82, 2.24) is 25.1 Å². The maximum absolute atomic E-state index is 14.8. The second-order valence-electron chi connectivity index (χ2n) is 15.1. The Morgan fingerprint density at radius 1 is 0.836 bits per heavy atom. The summed E-state index contributed by atoms with van der Waals surface area (Å²) in [5.74, 6) is -1.50. The lowest BCUT2D eigenvalue weighted by molar-refractivity contribution is -0.140. The van der Waals surface area contributed by atoms with E-state index >= 15 is 0 Å². The van der Waals surface area contributed by atoms with Crippen molar-refractivity contribution in [3.05, 3.63) is 136 Å². The van der Waals surface area contributed by atoms with E-state index in [1.54, 1.807) is 69.3 Å². The van der Waals surface area contributed by atoms with Crippen LogP contribution in [0.25, 0.3) is 16.6 Å². The van der Waals surface area contributed by atoms with Gasteiger partial charge in [-0.1, -0.05) is 48.5 Å². The summed E-state index contributed by atoms with van der Waals surface area (Å²) in [5.41, 5.74) is -1.24. The molecule has 5 rings (SSSR count). The molecular formula is C45H49F4N5O7. The number of alkyl halides is 3. The fourth-order valence-corrected chi connectivity index (χ4v) is 6.55. The number of aromatic nitrogens is 2. The summed E-state index contributed by atoms with van der Waals surface area (Å²) in [6.07, 6.45) is -5.98. The second-order valence-corrected chi connectivity index (χ2v) is 15.1. The Morgan fingerprint density at radius 2 is 1.52 bits per heavy atom. The van der Waals surface area contributed by atoms with Gasteiger partial charge in [0.1, 0.15) is 29.6 Å². The van der Waals surface area contributed by atoms with Crippen molar-refractivity contribution in [3.8, 4) is 11.4 Å². The van der Waals surface area contributed by atoms with Crippen molar-refractivity contribution in [3.63, 3.8) is 0 Å². The second kappa shape index (κ2) is 20.7. The van der Waals surface area contributed by atoms with Gasteiger partial charge < -0.3 is 29.7 Å². The lowest BCUT2D eigenvalue weighted by atomic mass is 10.0. The molecule has 0 fully saturated rings. The SMILES string of the molecule is CCOc1ccc(-n2c(C(CCCCNC(=O)OCc3ccccc3)N(CCNC(=O)OC(C)(C)C)C(=O)Cc3ccc(C(F)(F)F)c(F)c3)nc3ccccc3c2=O)cc1. The smallest absolute Gasteiger partial charge is 0.419 e. The number of rotatable bonds is 17. The predicted molar refractivity (Wildman–Crippen MR) is 221 cm³/mol. The van der Waals surface area contributed by atoms with Gasteiger partial charge in [0.05, 0.1) is 41.2 Å². The number of fused-ring (bicyclic) bond motifs is 1. The average Bonchev–Trinajstić information content (AvgIpc) is 3.20. The number of alkyl carbamates (subject to hydrolysis) is 2. The molecule has 1 unspecified atom stereocenters. The largest absolute Gasteiger partial charge is 0.494 e. The van der Waals surface area contributed by atoms with Crippen molar-refractivity contribution < 1.29 is 46.2 Å². The van der Waals surface area contributed by atoms with Crippen LogP contribution in [0.2, 0.25) is 0 Å². The Bertz CT molecular complexity index is 2330. The highest BCUT2D eigenvalue weighted by atomic mass is 19.4. The molecule has 324 valence electrons. The van der Waals surface area contributed by atoms with Gasteiger partial charge in [-0.3, -0.25) is 14.2 Å². The number of unbranched alkanes of at least 4 members (excludes halogenated alkanes) is 1. The van der Waals surface area contributed by atoms with Gasteiger partial charge >= 0.3 is 18.4 Å². The molecule has 4 aromatic carbocycles. The molecule has 12 nitrogen and oxygen atoms in total. The standard InChI is InChI=1S/C45H49F4N5O7/c1-5-59-33-21-19-32(20-22-33)54-40(52-37-16-10-9-15-34(37)41(54)56)38(17-11-12-24-50-42(57)60-29-30-13-7-6-8-14-30)53(26-25-51-43(58)61-44(2,3)4)39(55)28-31-18-23-35(36(46)27-31)45(47,48)49/h6-10,13-16,18-23,27,38H,5,11-12,17,24-26,28-29H2,1-4H3,(H,50,57)(H,51,58). The third kappa shape index (κ3) is 13.0. The monoisotopic (exact) mass is 847 g/mol. The lowest BCUT2D eigenvalue weighted by Gasteiger charge is -2.33. The first-order valence-corrected chi connectivity index (χ1v) is 19.9. The highest BCUT2D eigenvalue weighted by Crippen LogP contribution is 2.33. The molecule has 1 heterocycles. The highest BCUT2D eigenvalue weighted by Gasteiger charge is 2.35. The number of halogens is 4. The maximum Gasteiger partial charge on any atom is 0.419 e. The molecule has 0 bridgehead atoms. The van der Waals surface area contributed by atoms with Crippen molar-refractivity contribution in [1.29, 1.82) is 0 Å². The number of carbonyl (C=O) groups is 3. The Balaban J connectivity index is 1.53. The van der Waals surface area contributed by atoms with E-state index < -0.39 is 59.3 Å². The van der Waals surface area contributed by atoms with E-state index in [4.69, 9.17) is 19.2 Å². The third-order valence-corrected chi connectivity index (χ3v) is 9.30. The van der Waals surface area contributed by atoms with Crippen LogP contribution in [-0.2, 0) is 33.5 Å². The molecule has 1 aromatic heterocycles. The molecule has 0 saturated heterocycles. The first kappa shape index (κ1) is 45.6. The van der Waals surface area contributed by atoms with Crippen LogP contribution in [0.5, 0.6) is 5.75 Å². The average molecular weight is 848 g/mol. The van der Waals surface area contributed by atoms with Gasteiger partial charge in [-0.05, 0) is 107 Å². The minimum atomic E-state index is -4.95. The van der Waals surface area contributed by atoms with Crippen LogP contribution >= 0.6 is 0 Å². The normalized spacial score (nSPS) is 12.1. The maximum atomic E-state index is 14.8. The summed E-state index contributed by atoms with van der Waals surface area (Å²) < 4.78 is 72.9. The summed E-state index contributed by atoms with van der Waals surface area (Å²) in [5, 5.41) is 5.66. The van der Waals surface area contributed by atoms with Crippen LogP contribution in [0.15, 0.2) is 102 Å². The van der Waals surface area contributed by atoms with E-state index in [1.807, 2.05) is 37.3 Å². The van der Waals surface area contributed by atoms with Crippen LogP contribution in [0.1, 0.15) is 75.5 Å². The van der Waals surface area contributed by atoms with Crippen molar-refractivity contribution in [2.24, 2.45) is 0 Å². The minimum Gasteiger partial charge on any atom is -0.494 e. The summed E-state index contributed by atoms with van der Waals surface area (Å²) in [6, 6.07) is 23.9. The van der Waals surface area contributed by atoms with Gasteiger partial charge in [-0.25, -0.2) is 19.0 Å². The van der Waals surface area contributed by atoms with Crippen molar-refractivity contribution >= 4 is 29.0 Å². The summed E-state index contributed by atoms with van der Waals surface area (Å²) >= 11 is 0. The number of hydrogen-bond donors (Lipinski definition) is 2. The van der Waals surface area contributed by atoms with Gasteiger partial charge in [0.2, 0.25) is 5.91 Å². The molecule has 0 aliphatic heterocycles. The molecule has 61 heavy (non-hydrogen) atoms. The van der Waals surface area contributed by atoms with E-state index in [9.17, 15) is 36.7 Å². The lowest BCUT2D eigenvalue weighted by Crippen LogP contribution is -2.44. The van der Waals surface area contributed by atoms with Gasteiger partial charge in [0.15, 0.2) is 0 Å². The van der Waals surface area contributed by atoms with Crippen LogP contribution in [0, 0.1) is 5.82 Å². The highest BCUT2D eigenvalue weighted by molar-refractivity contribution is 5.80. The Labute approximate surface area is 350 Å². The number of para-hydroxylation sites is 1. The first-order chi connectivity index (χ1) is 29.0. The van der Waals surface area contributed by atoms with Crippen LogP contribution in [0.3, 0.4) is 0 Å². The Kier molecular flexibility index (Phi) is 15.5. The molecule has 16 heteroatoms. The fourth-order valence-electron chi connectivity index (χ4n) is 6.55. The van der Waals surface area contributed by atoms with Gasteiger partial charge in [0.25, 0.3) is 5.56 Å². The Morgan fingerprint density at radius 3 is 2.20 bits per heavy atom. The topological polar surface area (TPSA) is 141 Å². The van der Waals surface area contributed by atoms with Crippen molar-refractivity contribution in [2.45, 2.75) is 77.8 Å². The molecule has 5 aromatic rings. The molecular weight excluding hydrogens is 799 g/mol. The molecule has 3 amide bonds. The molecule has 2 N–H and O–H groups in total. The molecule has 1 atom stereocenters. The summed E-state index contributed by atoms with van der Waals surface area (Å²) in [6.45, 7) is 7.23. The zero-order chi connectivity index (χ0) is 44.2. The van der Waals surface area contributed by atoms with Gasteiger partial charge in [-0.15, -0.1) is 0 Å². The summed E-state index contributed by atoms with van der Waals surface area (Å²) in [7, 11) is 0. The fraction of sp³-hybridized carbons (Fsp3) is 0.356. The van der Waals surface area contributed by atoms with E-state index in [0.29, 0.717) is 53.9 Å². The molecule has 0 radical (unpaired) electrons. The van der Waals surface area contributed by atoms with E-state index in [-0.39, 0.29) is 44.0 Å². The molecule has 0 aliphatic carbocycles. The third-order valence-electron chi connectivity index (χ3n) is 9.30. The van der Waals surface area contributed by atoms with Crippen molar-refractivity contribution in [2.75, 3.05) is 26.2 Å². The minimum absolute atomic E-state index is 0.0343.